The van der Waals surface area contributed by atoms with Crippen LogP contribution in [0.1, 0.15) is 6.42 Å². The SMILES string of the molecule is O=[N+]([O-])c1cccc(Cl)c1NCCC[NH+]1CCOCC1. The van der Waals surface area contributed by atoms with Crippen LogP contribution in [0.4, 0.5) is 11.4 Å². The van der Waals surface area contributed by atoms with Crippen molar-refractivity contribution in [3.8, 4) is 0 Å². The molecule has 0 atom stereocenters. The molecular weight excluding hydrogens is 282 g/mol. The molecule has 110 valence electrons. The number of quaternary nitrogens is 1. The average Bonchev–Trinajstić information content (AvgIpc) is 2.45. The molecule has 0 amide bonds. The minimum absolute atomic E-state index is 0.0243. The van der Waals surface area contributed by atoms with Gasteiger partial charge >= 0.3 is 0 Å². The Kier molecular flexibility index (Phi) is 5.58. The first kappa shape index (κ1) is 15.0. The molecule has 0 radical (unpaired) electrons. The van der Waals surface area contributed by atoms with E-state index in [-0.39, 0.29) is 5.69 Å². The molecule has 1 aromatic carbocycles. The van der Waals surface area contributed by atoms with Crippen LogP contribution in [-0.2, 0) is 4.74 Å². The van der Waals surface area contributed by atoms with Crippen LogP contribution in [0.5, 0.6) is 0 Å². The predicted molar refractivity (Wildman–Crippen MR) is 77.6 cm³/mol. The summed E-state index contributed by atoms with van der Waals surface area (Å²) < 4.78 is 5.30. The highest BCUT2D eigenvalue weighted by molar-refractivity contribution is 6.33. The van der Waals surface area contributed by atoms with Crippen molar-refractivity contribution < 1.29 is 14.6 Å². The largest absolute Gasteiger partial charge is 0.378 e. The van der Waals surface area contributed by atoms with E-state index >= 15 is 0 Å². The van der Waals surface area contributed by atoms with Crippen molar-refractivity contribution >= 4 is 23.0 Å². The number of ether oxygens (including phenoxy) is 1. The second-order valence-corrected chi connectivity index (χ2v) is 5.19. The van der Waals surface area contributed by atoms with Crippen molar-refractivity contribution in [3.05, 3.63) is 33.3 Å². The lowest BCUT2D eigenvalue weighted by atomic mass is 10.2. The van der Waals surface area contributed by atoms with Gasteiger partial charge in [0, 0.05) is 19.0 Å². The molecule has 0 aromatic heterocycles. The Bertz CT molecular complexity index is 464. The Balaban J connectivity index is 1.83. The highest BCUT2D eigenvalue weighted by atomic mass is 35.5. The monoisotopic (exact) mass is 300 g/mol. The first-order chi connectivity index (χ1) is 9.68. The highest BCUT2D eigenvalue weighted by Gasteiger charge is 2.17. The fourth-order valence-corrected chi connectivity index (χ4v) is 2.54. The Hall–Kier alpha value is -1.37. The fraction of sp³-hybridized carbons (Fsp3) is 0.538. The fourth-order valence-electron chi connectivity index (χ4n) is 2.30. The van der Waals surface area contributed by atoms with Gasteiger partial charge in [-0.05, 0) is 6.07 Å². The zero-order valence-electron chi connectivity index (χ0n) is 11.2. The van der Waals surface area contributed by atoms with Crippen LogP contribution in [-0.4, -0.2) is 44.3 Å². The van der Waals surface area contributed by atoms with Gasteiger partial charge in [0.1, 0.15) is 18.8 Å². The van der Waals surface area contributed by atoms with E-state index in [1.54, 1.807) is 12.1 Å². The van der Waals surface area contributed by atoms with Crippen molar-refractivity contribution in [2.75, 3.05) is 44.7 Å². The second-order valence-electron chi connectivity index (χ2n) is 4.78. The third kappa shape index (κ3) is 4.06. The summed E-state index contributed by atoms with van der Waals surface area (Å²) in [4.78, 5) is 12.0. The van der Waals surface area contributed by atoms with Gasteiger partial charge in [-0.3, -0.25) is 10.1 Å². The number of nitrogens with one attached hydrogen (secondary N) is 2. The molecule has 1 saturated heterocycles. The van der Waals surface area contributed by atoms with Crippen LogP contribution in [0.3, 0.4) is 0 Å². The third-order valence-corrected chi connectivity index (χ3v) is 3.71. The average molecular weight is 301 g/mol. The van der Waals surface area contributed by atoms with Crippen LogP contribution in [0.2, 0.25) is 5.02 Å². The van der Waals surface area contributed by atoms with E-state index in [0.29, 0.717) is 17.3 Å². The Labute approximate surface area is 122 Å². The zero-order valence-corrected chi connectivity index (χ0v) is 12.0. The third-order valence-electron chi connectivity index (χ3n) is 3.40. The molecule has 2 rings (SSSR count). The van der Waals surface area contributed by atoms with Gasteiger partial charge in [-0.25, -0.2) is 0 Å². The van der Waals surface area contributed by atoms with Gasteiger partial charge in [-0.1, -0.05) is 17.7 Å². The van der Waals surface area contributed by atoms with Gasteiger partial charge in [0.05, 0.1) is 29.7 Å². The number of morpholine rings is 1. The van der Waals surface area contributed by atoms with Crippen LogP contribution >= 0.6 is 11.6 Å². The van der Waals surface area contributed by atoms with E-state index < -0.39 is 4.92 Å². The number of rotatable bonds is 6. The summed E-state index contributed by atoms with van der Waals surface area (Å²) in [6.07, 6.45) is 0.942. The van der Waals surface area contributed by atoms with Crippen LogP contribution < -0.4 is 10.2 Å². The maximum atomic E-state index is 10.9. The minimum atomic E-state index is -0.415. The molecule has 0 aliphatic carbocycles. The van der Waals surface area contributed by atoms with Crippen LogP contribution in [0.15, 0.2) is 18.2 Å². The first-order valence-corrected chi connectivity index (χ1v) is 7.14. The molecule has 7 heteroatoms. The number of anilines is 1. The second kappa shape index (κ2) is 7.42. The topological polar surface area (TPSA) is 68.8 Å². The van der Waals surface area contributed by atoms with Crippen LogP contribution in [0.25, 0.3) is 0 Å². The van der Waals surface area contributed by atoms with E-state index in [0.717, 1.165) is 39.3 Å². The van der Waals surface area contributed by atoms with E-state index in [9.17, 15) is 10.1 Å². The maximum absolute atomic E-state index is 10.9. The molecule has 0 spiro atoms. The number of hydrogen-bond donors (Lipinski definition) is 2. The molecule has 2 N–H and O–H groups in total. The summed E-state index contributed by atoms with van der Waals surface area (Å²) in [5.74, 6) is 0. The molecule has 1 aliphatic rings. The van der Waals surface area contributed by atoms with Gasteiger partial charge in [-0.15, -0.1) is 0 Å². The number of hydrogen-bond acceptors (Lipinski definition) is 4. The Morgan fingerprint density at radius 3 is 2.85 bits per heavy atom. The van der Waals surface area contributed by atoms with Gasteiger partial charge in [0.15, 0.2) is 0 Å². The molecule has 1 aliphatic heterocycles. The van der Waals surface area contributed by atoms with Crippen molar-refractivity contribution in [3.63, 3.8) is 0 Å². The standard InChI is InChI=1S/C13H18ClN3O3/c14-11-3-1-4-12(17(18)19)13(11)15-5-2-6-16-7-9-20-10-8-16/h1,3-4,15H,2,5-10H2/p+1. The van der Waals surface area contributed by atoms with E-state index in [1.807, 2.05) is 0 Å². The predicted octanol–water partition coefficient (Wildman–Crippen LogP) is 0.965. The molecule has 0 unspecified atom stereocenters. The summed E-state index contributed by atoms with van der Waals surface area (Å²) in [5.41, 5.74) is 0.437. The Morgan fingerprint density at radius 2 is 2.15 bits per heavy atom. The molecular formula is C13H19ClN3O3+. The highest BCUT2D eigenvalue weighted by Crippen LogP contribution is 2.31. The van der Waals surface area contributed by atoms with Crippen molar-refractivity contribution in [2.45, 2.75) is 6.42 Å². The lowest BCUT2D eigenvalue weighted by molar-refractivity contribution is -0.908. The normalized spacial score (nSPS) is 16.1. The van der Waals surface area contributed by atoms with E-state index in [4.69, 9.17) is 16.3 Å². The summed E-state index contributed by atoms with van der Waals surface area (Å²) >= 11 is 6.01. The van der Waals surface area contributed by atoms with Gasteiger partial charge in [-0.2, -0.15) is 0 Å². The minimum Gasteiger partial charge on any atom is -0.378 e. The molecule has 1 heterocycles. The number of nitro benzene ring substituents is 1. The summed E-state index contributed by atoms with van der Waals surface area (Å²) in [6, 6.07) is 4.70. The lowest BCUT2D eigenvalue weighted by Crippen LogP contribution is -3.14. The van der Waals surface area contributed by atoms with E-state index in [1.165, 1.54) is 11.0 Å². The maximum Gasteiger partial charge on any atom is 0.293 e. The molecule has 20 heavy (non-hydrogen) atoms. The first-order valence-electron chi connectivity index (χ1n) is 6.76. The number of nitro groups is 1. The van der Waals surface area contributed by atoms with Gasteiger partial charge < -0.3 is 15.0 Å². The van der Waals surface area contributed by atoms with Crippen molar-refractivity contribution in [1.82, 2.24) is 0 Å². The smallest absolute Gasteiger partial charge is 0.293 e. The summed E-state index contributed by atoms with van der Waals surface area (Å²) in [7, 11) is 0. The molecule has 1 fully saturated rings. The number of para-hydroxylation sites is 1. The summed E-state index contributed by atoms with van der Waals surface area (Å²) in [6.45, 7) is 5.42. The lowest BCUT2D eigenvalue weighted by Gasteiger charge is -2.23. The van der Waals surface area contributed by atoms with Crippen molar-refractivity contribution in [2.24, 2.45) is 0 Å². The molecule has 1 aromatic rings. The van der Waals surface area contributed by atoms with Crippen molar-refractivity contribution in [1.29, 1.82) is 0 Å². The van der Waals surface area contributed by atoms with Gasteiger partial charge in [0.2, 0.25) is 0 Å². The van der Waals surface area contributed by atoms with Crippen LogP contribution in [0, 0.1) is 10.1 Å². The zero-order chi connectivity index (χ0) is 14.4. The number of nitrogens with zero attached hydrogens (tertiary/aromatic N) is 1. The number of benzene rings is 1. The molecule has 6 nitrogen and oxygen atoms in total. The molecule has 0 bridgehead atoms. The quantitative estimate of drug-likeness (QED) is 0.466. The van der Waals surface area contributed by atoms with E-state index in [2.05, 4.69) is 5.32 Å². The Morgan fingerprint density at radius 1 is 1.40 bits per heavy atom. The summed E-state index contributed by atoms with van der Waals surface area (Å²) in [5, 5.41) is 14.4. The van der Waals surface area contributed by atoms with Gasteiger partial charge in [0.25, 0.3) is 5.69 Å². The molecule has 0 saturated carbocycles. The number of halogens is 1.